The normalized spacial score (nSPS) is 11.9. The zero-order chi connectivity index (χ0) is 14.6. The lowest BCUT2D eigenvalue weighted by molar-refractivity contribution is 0.276. The number of rotatable bonds is 6. The molecule has 0 unspecified atom stereocenters. The fourth-order valence-electron chi connectivity index (χ4n) is 1.56. The first-order chi connectivity index (χ1) is 8.74. The van der Waals surface area contributed by atoms with Crippen LogP contribution in [0.1, 0.15) is 31.3 Å². The van der Waals surface area contributed by atoms with Gasteiger partial charge in [-0.3, -0.25) is 0 Å². The van der Waals surface area contributed by atoms with Gasteiger partial charge < -0.3 is 10.0 Å². The third-order valence-electron chi connectivity index (χ3n) is 2.74. The van der Waals surface area contributed by atoms with Gasteiger partial charge in [0.1, 0.15) is 15.7 Å². The molecule has 0 aliphatic heterocycles. The van der Waals surface area contributed by atoms with Crippen molar-refractivity contribution in [3.8, 4) is 0 Å². The molecule has 0 aromatic carbocycles. The molecule has 19 heavy (non-hydrogen) atoms. The van der Waals surface area contributed by atoms with Crippen LogP contribution >= 0.6 is 0 Å². The minimum Gasteiger partial charge on any atom is -0.390 e. The molecule has 0 bridgehead atoms. The summed E-state index contributed by atoms with van der Waals surface area (Å²) in [6, 6.07) is 0. The number of aliphatic hydroxyl groups excluding tert-OH is 1. The average Bonchev–Trinajstić information content (AvgIpc) is 2.34. The number of aliphatic hydroxyl groups is 1. The molecule has 108 valence electrons. The van der Waals surface area contributed by atoms with Crippen LogP contribution in [0.25, 0.3) is 0 Å². The summed E-state index contributed by atoms with van der Waals surface area (Å²) < 4.78 is 22.3. The molecule has 0 saturated heterocycles. The van der Waals surface area contributed by atoms with E-state index in [1.807, 2.05) is 13.8 Å². The molecule has 0 fully saturated rings. The third kappa shape index (κ3) is 4.76. The van der Waals surface area contributed by atoms with E-state index in [0.29, 0.717) is 23.8 Å². The van der Waals surface area contributed by atoms with E-state index >= 15 is 0 Å². The quantitative estimate of drug-likeness (QED) is 0.823. The van der Waals surface area contributed by atoms with Gasteiger partial charge in [0.15, 0.2) is 0 Å². The molecule has 0 aliphatic carbocycles. The van der Waals surface area contributed by atoms with E-state index in [-0.39, 0.29) is 18.3 Å². The lowest BCUT2D eigenvalue weighted by Crippen LogP contribution is -2.26. The van der Waals surface area contributed by atoms with Crippen LogP contribution in [0.5, 0.6) is 0 Å². The molecule has 0 aliphatic rings. The number of sulfone groups is 1. The number of nitrogens with zero attached hydrogens (tertiary/aromatic N) is 3. The minimum atomic E-state index is -3.01. The average molecular weight is 287 g/mol. The SMILES string of the molecule is CC(C)c1ncc(N(C)CCS(C)(=O)=O)c(CO)n1. The number of hydrogen-bond acceptors (Lipinski definition) is 6. The summed E-state index contributed by atoms with van der Waals surface area (Å²) in [5, 5.41) is 9.37. The second kappa shape index (κ2) is 6.29. The Morgan fingerprint density at radius 2 is 2.05 bits per heavy atom. The van der Waals surface area contributed by atoms with Crippen molar-refractivity contribution in [3.63, 3.8) is 0 Å². The van der Waals surface area contributed by atoms with Gasteiger partial charge in [0.2, 0.25) is 0 Å². The fraction of sp³-hybridized carbons (Fsp3) is 0.667. The van der Waals surface area contributed by atoms with E-state index in [1.54, 1.807) is 18.1 Å². The zero-order valence-corrected chi connectivity index (χ0v) is 12.6. The molecule has 0 amide bonds. The minimum absolute atomic E-state index is 0.0559. The van der Waals surface area contributed by atoms with Gasteiger partial charge in [-0.15, -0.1) is 0 Å². The highest BCUT2D eigenvalue weighted by Crippen LogP contribution is 2.19. The molecule has 1 N–H and O–H groups in total. The summed E-state index contributed by atoms with van der Waals surface area (Å²) in [5.41, 5.74) is 1.19. The Morgan fingerprint density at radius 1 is 1.42 bits per heavy atom. The molecule has 1 aromatic heterocycles. The predicted octanol–water partition coefficient (Wildman–Crippen LogP) is 0.573. The highest BCUT2D eigenvalue weighted by atomic mass is 32.2. The van der Waals surface area contributed by atoms with Crippen LogP contribution in [0.15, 0.2) is 6.20 Å². The van der Waals surface area contributed by atoms with Gasteiger partial charge in [0, 0.05) is 25.8 Å². The summed E-state index contributed by atoms with van der Waals surface area (Å²) in [7, 11) is -1.25. The Bertz CT molecular complexity index is 529. The Morgan fingerprint density at radius 3 is 2.53 bits per heavy atom. The summed E-state index contributed by atoms with van der Waals surface area (Å²) >= 11 is 0. The molecule has 0 saturated carbocycles. The number of hydrogen-bond donors (Lipinski definition) is 1. The van der Waals surface area contributed by atoms with E-state index in [0.717, 1.165) is 0 Å². The molecule has 1 heterocycles. The van der Waals surface area contributed by atoms with E-state index in [9.17, 15) is 13.5 Å². The van der Waals surface area contributed by atoms with E-state index in [1.165, 1.54) is 6.26 Å². The van der Waals surface area contributed by atoms with Gasteiger partial charge in [-0.25, -0.2) is 18.4 Å². The Labute approximate surface area is 114 Å². The first-order valence-electron chi connectivity index (χ1n) is 6.10. The van der Waals surface area contributed by atoms with Gasteiger partial charge in [0.25, 0.3) is 0 Å². The lowest BCUT2D eigenvalue weighted by Gasteiger charge is -2.21. The van der Waals surface area contributed by atoms with Gasteiger partial charge in [-0.1, -0.05) is 13.8 Å². The van der Waals surface area contributed by atoms with Crippen molar-refractivity contribution in [1.82, 2.24) is 9.97 Å². The molecule has 0 atom stereocenters. The van der Waals surface area contributed by atoms with Crippen molar-refractivity contribution in [2.24, 2.45) is 0 Å². The molecule has 7 heteroatoms. The van der Waals surface area contributed by atoms with Gasteiger partial charge in [0.05, 0.1) is 29.9 Å². The summed E-state index contributed by atoms with van der Waals surface area (Å²) in [4.78, 5) is 10.3. The first-order valence-corrected chi connectivity index (χ1v) is 8.16. The van der Waals surface area contributed by atoms with Gasteiger partial charge >= 0.3 is 0 Å². The van der Waals surface area contributed by atoms with Crippen LogP contribution in [0.2, 0.25) is 0 Å². The maximum atomic E-state index is 11.2. The first kappa shape index (κ1) is 15.8. The van der Waals surface area contributed by atoms with E-state index in [4.69, 9.17) is 0 Å². The van der Waals surface area contributed by atoms with E-state index < -0.39 is 9.84 Å². The Balaban J connectivity index is 2.93. The maximum absolute atomic E-state index is 11.2. The van der Waals surface area contributed by atoms with Gasteiger partial charge in [-0.05, 0) is 0 Å². The monoisotopic (exact) mass is 287 g/mol. The van der Waals surface area contributed by atoms with Crippen LogP contribution < -0.4 is 4.90 Å². The van der Waals surface area contributed by atoms with Crippen LogP contribution in [0, 0.1) is 0 Å². The smallest absolute Gasteiger partial charge is 0.149 e. The molecule has 1 aromatic rings. The molecule has 6 nitrogen and oxygen atoms in total. The van der Waals surface area contributed by atoms with Crippen molar-refractivity contribution in [1.29, 1.82) is 0 Å². The lowest BCUT2D eigenvalue weighted by atomic mass is 10.2. The highest BCUT2D eigenvalue weighted by Gasteiger charge is 2.13. The van der Waals surface area contributed by atoms with Crippen LogP contribution in [-0.4, -0.2) is 49.1 Å². The van der Waals surface area contributed by atoms with Crippen molar-refractivity contribution < 1.29 is 13.5 Å². The van der Waals surface area contributed by atoms with Crippen molar-refractivity contribution in [3.05, 3.63) is 17.7 Å². The number of aromatic nitrogens is 2. The van der Waals surface area contributed by atoms with Gasteiger partial charge in [-0.2, -0.15) is 0 Å². The van der Waals surface area contributed by atoms with Crippen molar-refractivity contribution in [2.75, 3.05) is 30.5 Å². The van der Waals surface area contributed by atoms with E-state index in [2.05, 4.69) is 9.97 Å². The topological polar surface area (TPSA) is 83.4 Å². The molecular weight excluding hydrogens is 266 g/mol. The summed E-state index contributed by atoms with van der Waals surface area (Å²) in [6.45, 7) is 4.10. The predicted molar refractivity (Wildman–Crippen MR) is 75.0 cm³/mol. The zero-order valence-electron chi connectivity index (χ0n) is 11.8. The second-order valence-electron chi connectivity index (χ2n) is 4.92. The van der Waals surface area contributed by atoms with Crippen LogP contribution in [-0.2, 0) is 16.4 Å². The largest absolute Gasteiger partial charge is 0.390 e. The second-order valence-corrected chi connectivity index (χ2v) is 7.18. The maximum Gasteiger partial charge on any atom is 0.149 e. The Hall–Kier alpha value is -1.21. The molecular formula is C12H21N3O3S. The summed E-state index contributed by atoms with van der Waals surface area (Å²) in [6.07, 6.45) is 2.84. The fourth-order valence-corrected chi connectivity index (χ4v) is 2.17. The third-order valence-corrected chi connectivity index (χ3v) is 3.66. The molecule has 1 rings (SSSR count). The molecule has 0 radical (unpaired) electrons. The van der Waals surface area contributed by atoms with Crippen LogP contribution in [0.4, 0.5) is 5.69 Å². The van der Waals surface area contributed by atoms with Crippen LogP contribution in [0.3, 0.4) is 0 Å². The number of anilines is 1. The molecule has 0 spiro atoms. The standard InChI is InChI=1S/C12H21N3O3S/c1-9(2)12-13-7-11(10(8-16)14-12)15(3)5-6-19(4,17)18/h7,9,16H,5-6,8H2,1-4H3. The Kier molecular flexibility index (Phi) is 5.25. The highest BCUT2D eigenvalue weighted by molar-refractivity contribution is 7.90. The van der Waals surface area contributed by atoms with Crippen molar-refractivity contribution in [2.45, 2.75) is 26.4 Å². The summed E-state index contributed by atoms with van der Waals surface area (Å²) in [5.74, 6) is 0.908. The van der Waals surface area contributed by atoms with Crippen molar-refractivity contribution >= 4 is 15.5 Å².